The zero-order valence-electron chi connectivity index (χ0n) is 12.1. The Morgan fingerprint density at radius 2 is 1.90 bits per heavy atom. The van der Waals surface area contributed by atoms with Crippen molar-refractivity contribution in [2.75, 3.05) is 32.9 Å². The lowest BCUT2D eigenvalue weighted by molar-refractivity contribution is 0.197. The van der Waals surface area contributed by atoms with Gasteiger partial charge >= 0.3 is 0 Å². The Balaban J connectivity index is 2.08. The van der Waals surface area contributed by atoms with Crippen LogP contribution in [0.15, 0.2) is 24.3 Å². The van der Waals surface area contributed by atoms with E-state index < -0.39 is 10.0 Å². The van der Waals surface area contributed by atoms with Gasteiger partial charge in [-0.2, -0.15) is 0 Å². The number of benzene rings is 1. The van der Waals surface area contributed by atoms with Gasteiger partial charge in [-0.25, -0.2) is 12.7 Å². The van der Waals surface area contributed by atoms with Crippen LogP contribution in [0.25, 0.3) is 0 Å². The highest BCUT2D eigenvalue weighted by molar-refractivity contribution is 7.88. The molecule has 0 unspecified atom stereocenters. The van der Waals surface area contributed by atoms with Gasteiger partial charge in [0.15, 0.2) is 0 Å². The van der Waals surface area contributed by atoms with Crippen molar-refractivity contribution in [1.82, 2.24) is 9.21 Å². The fourth-order valence-corrected chi connectivity index (χ4v) is 4.07. The zero-order chi connectivity index (χ0) is 14.8. The topological polar surface area (TPSA) is 66.6 Å². The van der Waals surface area contributed by atoms with Crippen molar-refractivity contribution in [1.29, 1.82) is 0 Å². The molecule has 1 aliphatic rings. The fourth-order valence-electron chi connectivity index (χ4n) is 2.55. The number of likely N-dealkylation sites (tertiary alicyclic amines) is 1. The van der Waals surface area contributed by atoms with Crippen LogP contribution in [0.1, 0.15) is 18.4 Å². The standard InChI is InChI=1S/C14H23N3O2S/c1-16-9-7-13(8-10-16)17(2)20(18,19)11-12-5-3-4-6-14(12)15/h3-6,13H,7-11,15H2,1-2H3. The first kappa shape index (κ1) is 15.3. The maximum absolute atomic E-state index is 12.5. The molecule has 0 bridgehead atoms. The van der Waals surface area contributed by atoms with Crippen molar-refractivity contribution in [3.05, 3.63) is 29.8 Å². The number of nitrogen functional groups attached to an aromatic ring is 1. The number of sulfonamides is 1. The summed E-state index contributed by atoms with van der Waals surface area (Å²) in [5, 5.41) is 0. The average molecular weight is 297 g/mol. The molecule has 0 spiro atoms. The van der Waals surface area contributed by atoms with Crippen LogP contribution < -0.4 is 5.73 Å². The first-order chi connectivity index (χ1) is 9.40. The number of para-hydroxylation sites is 1. The zero-order valence-corrected chi connectivity index (χ0v) is 12.9. The second kappa shape index (κ2) is 6.11. The summed E-state index contributed by atoms with van der Waals surface area (Å²) < 4.78 is 26.5. The van der Waals surface area contributed by atoms with E-state index >= 15 is 0 Å². The maximum atomic E-state index is 12.5. The summed E-state index contributed by atoms with van der Waals surface area (Å²) in [6.45, 7) is 1.88. The van der Waals surface area contributed by atoms with Crippen LogP contribution in [-0.4, -0.2) is 50.8 Å². The van der Waals surface area contributed by atoms with Crippen LogP contribution in [0.3, 0.4) is 0 Å². The van der Waals surface area contributed by atoms with E-state index in [1.807, 2.05) is 12.1 Å². The average Bonchev–Trinajstić information content (AvgIpc) is 2.41. The largest absolute Gasteiger partial charge is 0.398 e. The molecule has 0 saturated carbocycles. The molecule has 1 fully saturated rings. The molecule has 1 saturated heterocycles. The fraction of sp³-hybridized carbons (Fsp3) is 0.571. The van der Waals surface area contributed by atoms with Gasteiger partial charge in [-0.05, 0) is 44.6 Å². The van der Waals surface area contributed by atoms with Crippen LogP contribution in [0, 0.1) is 0 Å². The third-order valence-corrected chi connectivity index (χ3v) is 5.89. The molecule has 6 heteroatoms. The SMILES string of the molecule is CN1CCC(N(C)S(=O)(=O)Cc2ccccc2N)CC1. The molecule has 0 aliphatic carbocycles. The van der Waals surface area contributed by atoms with Crippen molar-refractivity contribution in [2.45, 2.75) is 24.6 Å². The van der Waals surface area contributed by atoms with E-state index in [0.717, 1.165) is 25.9 Å². The van der Waals surface area contributed by atoms with E-state index in [9.17, 15) is 8.42 Å². The third-order valence-electron chi connectivity index (χ3n) is 4.03. The van der Waals surface area contributed by atoms with Gasteiger partial charge in [-0.15, -0.1) is 0 Å². The molecule has 0 atom stereocenters. The Morgan fingerprint density at radius 3 is 2.50 bits per heavy atom. The minimum absolute atomic E-state index is 0.0253. The number of nitrogens with zero attached hydrogens (tertiary/aromatic N) is 2. The number of hydrogen-bond acceptors (Lipinski definition) is 4. The van der Waals surface area contributed by atoms with Crippen LogP contribution in [0.2, 0.25) is 0 Å². The molecule has 0 radical (unpaired) electrons. The van der Waals surface area contributed by atoms with Gasteiger partial charge in [0.25, 0.3) is 0 Å². The molecule has 1 aromatic rings. The Kier molecular flexibility index (Phi) is 4.67. The second-order valence-electron chi connectivity index (χ2n) is 5.51. The van der Waals surface area contributed by atoms with Crippen molar-refractivity contribution in [3.8, 4) is 0 Å². The first-order valence-corrected chi connectivity index (χ1v) is 8.48. The smallest absolute Gasteiger partial charge is 0.218 e. The van der Waals surface area contributed by atoms with E-state index in [4.69, 9.17) is 5.73 Å². The second-order valence-corrected chi connectivity index (χ2v) is 7.53. The lowest BCUT2D eigenvalue weighted by Gasteiger charge is -2.34. The highest BCUT2D eigenvalue weighted by Crippen LogP contribution is 2.21. The molecule has 1 aliphatic heterocycles. The van der Waals surface area contributed by atoms with E-state index in [2.05, 4.69) is 11.9 Å². The van der Waals surface area contributed by atoms with Gasteiger partial charge in [0.05, 0.1) is 5.75 Å². The van der Waals surface area contributed by atoms with Gasteiger partial charge in [-0.3, -0.25) is 0 Å². The summed E-state index contributed by atoms with van der Waals surface area (Å²) in [5.41, 5.74) is 7.04. The summed E-state index contributed by atoms with van der Waals surface area (Å²) in [6, 6.07) is 7.24. The summed E-state index contributed by atoms with van der Waals surface area (Å²) in [4.78, 5) is 2.23. The number of anilines is 1. The van der Waals surface area contributed by atoms with Gasteiger partial charge in [0.2, 0.25) is 10.0 Å². The highest BCUT2D eigenvalue weighted by atomic mass is 32.2. The molecule has 1 heterocycles. The van der Waals surface area contributed by atoms with Gasteiger partial charge in [0, 0.05) is 18.8 Å². The lowest BCUT2D eigenvalue weighted by atomic mass is 10.1. The maximum Gasteiger partial charge on any atom is 0.218 e. The summed E-state index contributed by atoms with van der Waals surface area (Å²) in [6.07, 6.45) is 1.77. The molecule has 2 rings (SSSR count). The van der Waals surface area contributed by atoms with Crippen molar-refractivity contribution >= 4 is 15.7 Å². The lowest BCUT2D eigenvalue weighted by Crippen LogP contribution is -2.44. The van der Waals surface area contributed by atoms with Crippen molar-refractivity contribution in [3.63, 3.8) is 0 Å². The number of piperidine rings is 1. The molecule has 112 valence electrons. The van der Waals surface area contributed by atoms with Crippen LogP contribution in [0.5, 0.6) is 0 Å². The van der Waals surface area contributed by atoms with E-state index in [0.29, 0.717) is 11.3 Å². The predicted octanol–water partition coefficient (Wildman–Crippen LogP) is 1.12. The number of hydrogen-bond donors (Lipinski definition) is 1. The van der Waals surface area contributed by atoms with Gasteiger partial charge in [-0.1, -0.05) is 18.2 Å². The summed E-state index contributed by atoms with van der Waals surface area (Å²) in [5.74, 6) is -0.0253. The predicted molar refractivity (Wildman–Crippen MR) is 81.8 cm³/mol. The van der Waals surface area contributed by atoms with Crippen LogP contribution >= 0.6 is 0 Å². The quantitative estimate of drug-likeness (QED) is 0.846. The van der Waals surface area contributed by atoms with Gasteiger partial charge < -0.3 is 10.6 Å². The third kappa shape index (κ3) is 3.50. The summed E-state index contributed by atoms with van der Waals surface area (Å²) >= 11 is 0. The van der Waals surface area contributed by atoms with Gasteiger partial charge in [0.1, 0.15) is 0 Å². The molecule has 1 aromatic carbocycles. The Hall–Kier alpha value is -1.11. The molecule has 0 amide bonds. The number of rotatable bonds is 4. The first-order valence-electron chi connectivity index (χ1n) is 6.88. The molecule has 0 aromatic heterocycles. The normalized spacial score (nSPS) is 18.6. The minimum atomic E-state index is -3.32. The molecule has 20 heavy (non-hydrogen) atoms. The molecule has 5 nitrogen and oxygen atoms in total. The minimum Gasteiger partial charge on any atom is -0.398 e. The Labute approximate surface area is 121 Å². The van der Waals surface area contributed by atoms with Crippen molar-refractivity contribution < 1.29 is 8.42 Å². The molecule has 2 N–H and O–H groups in total. The Bertz CT molecular complexity index is 551. The van der Waals surface area contributed by atoms with E-state index in [1.165, 1.54) is 4.31 Å². The Morgan fingerprint density at radius 1 is 1.30 bits per heavy atom. The monoisotopic (exact) mass is 297 g/mol. The highest BCUT2D eigenvalue weighted by Gasteiger charge is 2.29. The van der Waals surface area contributed by atoms with Crippen molar-refractivity contribution in [2.24, 2.45) is 0 Å². The molecular formula is C14H23N3O2S. The van der Waals surface area contributed by atoms with E-state index in [1.54, 1.807) is 19.2 Å². The van der Waals surface area contributed by atoms with Crippen LogP contribution in [0.4, 0.5) is 5.69 Å². The molecular weight excluding hydrogens is 274 g/mol. The van der Waals surface area contributed by atoms with Crippen LogP contribution in [-0.2, 0) is 15.8 Å². The number of nitrogens with two attached hydrogens (primary N) is 1. The van der Waals surface area contributed by atoms with E-state index in [-0.39, 0.29) is 11.8 Å². The summed E-state index contributed by atoms with van der Waals surface area (Å²) in [7, 11) is 0.432.